The molecule has 1 amide bonds. The van der Waals surface area contributed by atoms with Gasteiger partial charge in [0.2, 0.25) is 5.91 Å². The summed E-state index contributed by atoms with van der Waals surface area (Å²) in [5, 5.41) is 16.2. The van der Waals surface area contributed by atoms with Crippen LogP contribution in [0.4, 0.5) is 5.82 Å². The second-order valence-corrected chi connectivity index (χ2v) is 6.96. The molecule has 0 unspecified atom stereocenters. The number of carbonyl (C=O) groups is 1. The number of aromatic nitrogens is 5. The number of nitrogens with one attached hydrogen (secondary N) is 1. The number of hydrogen-bond donors (Lipinski definition) is 1. The predicted octanol–water partition coefficient (Wildman–Crippen LogP) is 3.53. The molecule has 4 aromatic rings. The van der Waals surface area contributed by atoms with E-state index >= 15 is 0 Å². The van der Waals surface area contributed by atoms with Gasteiger partial charge >= 0.3 is 0 Å². The SMILES string of the molecule is Cc1nn(CC(=O)Nc2ccc(-c3ccc(C#N)nc3)cn2)c(C)c1-c1ccncc1. The van der Waals surface area contributed by atoms with Gasteiger partial charge in [-0.15, -0.1) is 0 Å². The largest absolute Gasteiger partial charge is 0.309 e. The molecule has 152 valence electrons. The van der Waals surface area contributed by atoms with E-state index in [1.54, 1.807) is 41.6 Å². The van der Waals surface area contributed by atoms with E-state index in [-0.39, 0.29) is 12.5 Å². The molecule has 0 saturated heterocycles. The molecular weight excluding hydrogens is 390 g/mol. The van der Waals surface area contributed by atoms with Crippen LogP contribution < -0.4 is 5.32 Å². The molecule has 0 saturated carbocycles. The molecule has 4 aromatic heterocycles. The summed E-state index contributed by atoms with van der Waals surface area (Å²) in [5.74, 6) is 0.235. The van der Waals surface area contributed by atoms with Crippen LogP contribution in [0.2, 0.25) is 0 Å². The van der Waals surface area contributed by atoms with Crippen LogP contribution in [0.25, 0.3) is 22.3 Å². The van der Waals surface area contributed by atoms with Crippen LogP contribution in [-0.4, -0.2) is 30.6 Å². The van der Waals surface area contributed by atoms with Gasteiger partial charge in [-0.05, 0) is 55.8 Å². The average molecular weight is 409 g/mol. The van der Waals surface area contributed by atoms with Gasteiger partial charge in [-0.25, -0.2) is 9.97 Å². The molecule has 0 spiro atoms. The van der Waals surface area contributed by atoms with Gasteiger partial charge in [-0.1, -0.05) is 0 Å². The average Bonchev–Trinajstić information content (AvgIpc) is 3.07. The van der Waals surface area contributed by atoms with Crippen molar-refractivity contribution in [3.05, 3.63) is 78.3 Å². The Hall–Kier alpha value is -4.38. The van der Waals surface area contributed by atoms with E-state index in [4.69, 9.17) is 5.26 Å². The third-order valence-corrected chi connectivity index (χ3v) is 4.89. The highest BCUT2D eigenvalue weighted by molar-refractivity contribution is 5.90. The molecule has 0 aliphatic rings. The predicted molar refractivity (Wildman–Crippen MR) is 116 cm³/mol. The number of amides is 1. The zero-order chi connectivity index (χ0) is 21.8. The molecule has 31 heavy (non-hydrogen) atoms. The van der Waals surface area contributed by atoms with Gasteiger partial charge in [-0.3, -0.25) is 14.5 Å². The number of pyridine rings is 3. The Labute approximate surface area is 179 Å². The van der Waals surface area contributed by atoms with Gasteiger partial charge in [0.1, 0.15) is 24.1 Å². The molecule has 0 atom stereocenters. The molecule has 8 heteroatoms. The number of anilines is 1. The Morgan fingerprint density at radius 3 is 2.32 bits per heavy atom. The molecule has 0 bridgehead atoms. The normalized spacial score (nSPS) is 10.5. The fourth-order valence-corrected chi connectivity index (χ4v) is 3.37. The molecule has 0 aliphatic heterocycles. The zero-order valence-electron chi connectivity index (χ0n) is 17.1. The lowest BCUT2D eigenvalue weighted by Gasteiger charge is -2.08. The molecule has 4 rings (SSSR count). The van der Waals surface area contributed by atoms with E-state index in [2.05, 4.69) is 25.4 Å². The zero-order valence-corrected chi connectivity index (χ0v) is 17.1. The summed E-state index contributed by atoms with van der Waals surface area (Å²) in [4.78, 5) is 25.0. The third-order valence-electron chi connectivity index (χ3n) is 4.89. The molecule has 0 radical (unpaired) electrons. The highest BCUT2D eigenvalue weighted by Gasteiger charge is 2.15. The van der Waals surface area contributed by atoms with Crippen molar-refractivity contribution in [1.29, 1.82) is 5.26 Å². The van der Waals surface area contributed by atoms with Crippen molar-refractivity contribution in [1.82, 2.24) is 24.7 Å². The maximum absolute atomic E-state index is 12.6. The first-order valence-corrected chi connectivity index (χ1v) is 9.62. The summed E-state index contributed by atoms with van der Waals surface area (Å²) in [6.45, 7) is 3.96. The second-order valence-electron chi connectivity index (χ2n) is 6.96. The van der Waals surface area contributed by atoms with Crippen molar-refractivity contribution < 1.29 is 4.79 Å². The van der Waals surface area contributed by atoms with Gasteiger partial charge in [0.15, 0.2) is 0 Å². The number of rotatable bonds is 5. The fourth-order valence-electron chi connectivity index (χ4n) is 3.37. The Morgan fingerprint density at radius 2 is 1.71 bits per heavy atom. The van der Waals surface area contributed by atoms with E-state index in [1.165, 1.54) is 0 Å². The standard InChI is InChI=1S/C23H19N7O/c1-15-23(17-7-9-25-10-8-17)16(2)30(29-15)14-22(31)28-21-6-4-19(13-27-21)18-3-5-20(11-24)26-12-18/h3-10,12-13H,14H2,1-2H3,(H,27,28,31). The van der Waals surface area contributed by atoms with Gasteiger partial charge in [0.05, 0.1) is 5.69 Å². The molecule has 4 heterocycles. The van der Waals surface area contributed by atoms with Crippen LogP contribution in [0, 0.1) is 25.2 Å². The minimum atomic E-state index is -0.216. The maximum Gasteiger partial charge on any atom is 0.247 e. The summed E-state index contributed by atoms with van der Waals surface area (Å²) < 4.78 is 1.69. The Balaban J connectivity index is 1.45. The van der Waals surface area contributed by atoms with Crippen molar-refractivity contribution in [2.45, 2.75) is 20.4 Å². The second kappa shape index (κ2) is 8.55. The van der Waals surface area contributed by atoms with Crippen LogP contribution in [0.3, 0.4) is 0 Å². The molecule has 0 aliphatic carbocycles. The molecule has 8 nitrogen and oxygen atoms in total. The molecule has 1 N–H and O–H groups in total. The Morgan fingerprint density at radius 1 is 1.00 bits per heavy atom. The number of aryl methyl sites for hydroxylation is 1. The van der Waals surface area contributed by atoms with E-state index in [0.717, 1.165) is 33.6 Å². The highest BCUT2D eigenvalue weighted by Crippen LogP contribution is 2.26. The van der Waals surface area contributed by atoms with Crippen LogP contribution in [0.15, 0.2) is 61.2 Å². The van der Waals surface area contributed by atoms with Crippen LogP contribution >= 0.6 is 0 Å². The minimum absolute atomic E-state index is 0.0841. The lowest BCUT2D eigenvalue weighted by Crippen LogP contribution is -2.20. The van der Waals surface area contributed by atoms with Gasteiger partial charge in [-0.2, -0.15) is 10.4 Å². The quantitative estimate of drug-likeness (QED) is 0.540. The van der Waals surface area contributed by atoms with Crippen LogP contribution in [0.5, 0.6) is 0 Å². The summed E-state index contributed by atoms with van der Waals surface area (Å²) in [7, 11) is 0. The van der Waals surface area contributed by atoms with E-state index in [1.807, 2.05) is 44.2 Å². The monoisotopic (exact) mass is 409 g/mol. The smallest absolute Gasteiger partial charge is 0.247 e. The molecular formula is C23H19N7O. The fraction of sp³-hybridized carbons (Fsp3) is 0.130. The first-order chi connectivity index (χ1) is 15.0. The van der Waals surface area contributed by atoms with E-state index < -0.39 is 0 Å². The van der Waals surface area contributed by atoms with E-state index in [9.17, 15) is 4.79 Å². The van der Waals surface area contributed by atoms with Crippen molar-refractivity contribution in [3.8, 4) is 28.3 Å². The Bertz CT molecular complexity index is 1250. The summed E-state index contributed by atoms with van der Waals surface area (Å²) in [6.07, 6.45) is 6.75. The first-order valence-electron chi connectivity index (χ1n) is 9.62. The number of nitrogens with zero attached hydrogens (tertiary/aromatic N) is 6. The highest BCUT2D eigenvalue weighted by atomic mass is 16.2. The number of hydrogen-bond acceptors (Lipinski definition) is 6. The van der Waals surface area contributed by atoms with Crippen LogP contribution in [-0.2, 0) is 11.3 Å². The van der Waals surface area contributed by atoms with Crippen molar-refractivity contribution in [2.75, 3.05) is 5.32 Å². The summed E-state index contributed by atoms with van der Waals surface area (Å²) >= 11 is 0. The lowest BCUT2D eigenvalue weighted by molar-refractivity contribution is -0.117. The van der Waals surface area contributed by atoms with E-state index in [0.29, 0.717) is 11.5 Å². The van der Waals surface area contributed by atoms with Crippen molar-refractivity contribution in [3.63, 3.8) is 0 Å². The van der Waals surface area contributed by atoms with Crippen molar-refractivity contribution in [2.24, 2.45) is 0 Å². The lowest BCUT2D eigenvalue weighted by atomic mass is 10.1. The van der Waals surface area contributed by atoms with Gasteiger partial charge in [0.25, 0.3) is 0 Å². The molecule has 0 fully saturated rings. The number of carbonyl (C=O) groups excluding carboxylic acids is 1. The summed E-state index contributed by atoms with van der Waals surface area (Å²) in [6, 6.07) is 12.9. The van der Waals surface area contributed by atoms with Crippen LogP contribution in [0.1, 0.15) is 17.1 Å². The van der Waals surface area contributed by atoms with Gasteiger partial charge < -0.3 is 5.32 Å². The third kappa shape index (κ3) is 4.31. The molecule has 0 aromatic carbocycles. The van der Waals surface area contributed by atoms with Gasteiger partial charge in [0, 0.05) is 47.2 Å². The minimum Gasteiger partial charge on any atom is -0.309 e. The first kappa shape index (κ1) is 19.9. The maximum atomic E-state index is 12.6. The Kier molecular flexibility index (Phi) is 5.49. The topological polar surface area (TPSA) is 109 Å². The van der Waals surface area contributed by atoms with Crippen molar-refractivity contribution >= 4 is 11.7 Å². The number of nitriles is 1. The summed E-state index contributed by atoms with van der Waals surface area (Å²) in [5.41, 5.74) is 5.84.